The van der Waals surface area contributed by atoms with Crippen LogP contribution in [0.4, 0.5) is 0 Å². The first-order valence-electron chi connectivity index (χ1n) is 23.7. The molecule has 15 nitrogen and oxygen atoms in total. The van der Waals surface area contributed by atoms with E-state index in [1.807, 2.05) is 76.2 Å². The van der Waals surface area contributed by atoms with Crippen LogP contribution in [0.25, 0.3) is 0 Å². The van der Waals surface area contributed by atoms with Crippen molar-refractivity contribution in [3.05, 3.63) is 164 Å². The van der Waals surface area contributed by atoms with Crippen LogP contribution >= 0.6 is 0 Å². The number of benzene rings is 4. The molecule has 384 valence electrons. The number of hydrogen-bond acceptors (Lipinski definition) is 15. The zero-order chi connectivity index (χ0) is 52.5. The van der Waals surface area contributed by atoms with Crippen LogP contribution in [0.5, 0.6) is 23.0 Å². The van der Waals surface area contributed by atoms with Crippen molar-refractivity contribution in [2.24, 2.45) is 0 Å². The Morgan fingerprint density at radius 2 is 0.625 bits per heavy atom. The van der Waals surface area contributed by atoms with E-state index in [0.717, 1.165) is 66.8 Å². The van der Waals surface area contributed by atoms with E-state index in [4.69, 9.17) is 33.2 Å². The van der Waals surface area contributed by atoms with Crippen LogP contribution in [0.1, 0.15) is 79.6 Å². The highest BCUT2D eigenvalue weighted by Gasteiger charge is 2.24. The third-order valence-corrected chi connectivity index (χ3v) is 11.6. The van der Waals surface area contributed by atoms with Gasteiger partial charge in [0, 0.05) is 37.7 Å². The quantitative estimate of drug-likeness (QED) is 0.0219. The normalized spacial score (nSPS) is 11.7. The lowest BCUT2D eigenvalue weighted by atomic mass is 9.88. The molecule has 0 amide bonds. The molecule has 0 saturated carbocycles. The average molecular weight is 991 g/mol. The van der Waals surface area contributed by atoms with Gasteiger partial charge in [0.15, 0.2) is 5.78 Å². The van der Waals surface area contributed by atoms with Crippen molar-refractivity contribution in [3.8, 4) is 23.0 Å². The van der Waals surface area contributed by atoms with Gasteiger partial charge in [0.2, 0.25) is 0 Å². The van der Waals surface area contributed by atoms with E-state index in [9.17, 15) is 39.6 Å². The maximum atomic E-state index is 12.7. The molecule has 0 saturated heterocycles. The molecule has 0 heterocycles. The molecule has 8 bridgehead atoms. The standard InChI is InChI=1S/C57H66O15/c1-34-18-42-26-44-20-35(2)22-46(52(44)67-12-15-70-55(63)39(6)31-59)28-48-24-37(4)25-49(54(48)69-14-17-72-57(65)41(8)33-61)29-47-23-36(3)21-45(53(47)68-13-16-71-56(64)40(7)32-60)27-43(19-34)51(42)66-11-9-10-50(62)38(5)30-58/h18-25,58-61H,5-17,26-33H2,1-4H3. The van der Waals surface area contributed by atoms with Crippen LogP contribution in [0.3, 0.4) is 0 Å². The maximum Gasteiger partial charge on any atom is 0.335 e. The van der Waals surface area contributed by atoms with Gasteiger partial charge in [0.05, 0.1) is 49.8 Å². The third-order valence-electron chi connectivity index (χ3n) is 11.6. The Kier molecular flexibility index (Phi) is 20.9. The van der Waals surface area contributed by atoms with Crippen molar-refractivity contribution < 1.29 is 72.8 Å². The van der Waals surface area contributed by atoms with E-state index >= 15 is 0 Å². The lowest BCUT2D eigenvalue weighted by molar-refractivity contribution is -0.141. The van der Waals surface area contributed by atoms with Crippen molar-refractivity contribution in [3.63, 3.8) is 0 Å². The molecule has 15 heteroatoms. The molecule has 0 aliphatic heterocycles. The van der Waals surface area contributed by atoms with Gasteiger partial charge in [-0.25, -0.2) is 14.4 Å². The second kappa shape index (κ2) is 27.0. The summed E-state index contributed by atoms with van der Waals surface area (Å²) in [6.45, 7) is 19.8. The van der Waals surface area contributed by atoms with Crippen LogP contribution in [0.2, 0.25) is 0 Å². The van der Waals surface area contributed by atoms with Crippen LogP contribution in [0.15, 0.2) is 97.1 Å². The number of esters is 3. The van der Waals surface area contributed by atoms with E-state index < -0.39 is 44.3 Å². The zero-order valence-corrected chi connectivity index (χ0v) is 41.7. The SMILES string of the molecule is C=C(CO)C(=O)CCCOc1c2cc(C)cc1Cc1cc(C)cc(c1OCCOC(=O)C(=C)CO)Cc1cc(C)cc(c1OCCOC(=O)C(=C)CO)Cc1cc(C)cc(c1OCCOC(=O)C(=C)CO)C2. The van der Waals surface area contributed by atoms with Gasteiger partial charge in [0.1, 0.15) is 62.6 Å². The maximum absolute atomic E-state index is 12.7. The summed E-state index contributed by atoms with van der Waals surface area (Å²) in [5.41, 5.74) is 9.95. The van der Waals surface area contributed by atoms with Gasteiger partial charge < -0.3 is 53.6 Å². The molecule has 1 aliphatic rings. The molecular formula is C57H66O15. The molecule has 0 aromatic heterocycles. The number of aryl methyl sites for hydroxylation is 4. The number of aliphatic hydroxyl groups is 4. The predicted molar refractivity (Wildman–Crippen MR) is 270 cm³/mol. The Hall–Kier alpha value is -7.04. The van der Waals surface area contributed by atoms with E-state index in [2.05, 4.69) is 26.3 Å². The topological polar surface area (TPSA) is 214 Å². The summed E-state index contributed by atoms with van der Waals surface area (Å²) in [5.74, 6) is -0.297. The van der Waals surface area contributed by atoms with Crippen molar-refractivity contribution in [1.82, 2.24) is 0 Å². The lowest BCUT2D eigenvalue weighted by Gasteiger charge is -2.24. The predicted octanol–water partition coefficient (Wildman–Crippen LogP) is 6.28. The highest BCUT2D eigenvalue weighted by molar-refractivity contribution is 5.94. The Balaban J connectivity index is 1.72. The van der Waals surface area contributed by atoms with Gasteiger partial charge in [-0.15, -0.1) is 0 Å². The van der Waals surface area contributed by atoms with Crippen molar-refractivity contribution in [1.29, 1.82) is 0 Å². The summed E-state index contributed by atoms with van der Waals surface area (Å²) in [4.78, 5) is 50.1. The highest BCUT2D eigenvalue weighted by atomic mass is 16.6. The largest absolute Gasteiger partial charge is 0.493 e. The van der Waals surface area contributed by atoms with Gasteiger partial charge in [-0.3, -0.25) is 4.79 Å². The van der Waals surface area contributed by atoms with Crippen LogP contribution in [-0.4, -0.2) is 117 Å². The number of Topliss-reactive ketones (excluding diaryl/α,β-unsaturated/α-hetero) is 1. The Bertz CT molecular complexity index is 2230. The molecule has 0 atom stereocenters. The average Bonchev–Trinajstić information content (AvgIpc) is 3.34. The molecular weight excluding hydrogens is 925 g/mol. The summed E-state index contributed by atoms with van der Waals surface area (Å²) in [7, 11) is 0. The molecule has 1 aliphatic carbocycles. The molecule has 4 aromatic carbocycles. The van der Waals surface area contributed by atoms with Crippen LogP contribution in [0, 0.1) is 27.7 Å². The first-order valence-corrected chi connectivity index (χ1v) is 23.7. The van der Waals surface area contributed by atoms with Gasteiger partial charge in [-0.05, 0) is 78.6 Å². The smallest absolute Gasteiger partial charge is 0.335 e. The number of carbonyl (C=O) groups is 4. The number of carbonyl (C=O) groups excluding carboxylic acids is 4. The van der Waals surface area contributed by atoms with E-state index in [-0.39, 0.29) is 80.7 Å². The summed E-state index contributed by atoms with van der Waals surface area (Å²) >= 11 is 0. The minimum Gasteiger partial charge on any atom is -0.493 e. The highest BCUT2D eigenvalue weighted by Crippen LogP contribution is 2.41. The fourth-order valence-corrected chi connectivity index (χ4v) is 8.33. The lowest BCUT2D eigenvalue weighted by Crippen LogP contribution is -2.17. The molecule has 0 spiro atoms. The van der Waals surface area contributed by atoms with Gasteiger partial charge in [0.25, 0.3) is 0 Å². The fraction of sp³-hybridized carbons (Fsp3) is 0.368. The number of hydrogen-bond donors (Lipinski definition) is 4. The number of fused-ring (bicyclic) bond motifs is 8. The Morgan fingerprint density at radius 3 is 0.861 bits per heavy atom. The first kappa shape index (κ1) is 55.9. The van der Waals surface area contributed by atoms with Crippen molar-refractivity contribution in [2.45, 2.75) is 66.2 Å². The van der Waals surface area contributed by atoms with E-state index in [0.29, 0.717) is 55.1 Å². The molecule has 5 rings (SSSR count). The fourth-order valence-electron chi connectivity index (χ4n) is 8.33. The number of ether oxygens (including phenoxy) is 7. The summed E-state index contributed by atoms with van der Waals surface area (Å²) in [5, 5.41) is 37.9. The van der Waals surface area contributed by atoms with E-state index in [1.165, 1.54) is 0 Å². The first-order chi connectivity index (χ1) is 34.5. The molecule has 4 aromatic rings. The second-order valence-electron chi connectivity index (χ2n) is 17.7. The Labute approximate surface area is 420 Å². The molecule has 0 fully saturated rings. The summed E-state index contributed by atoms with van der Waals surface area (Å²) < 4.78 is 42.7. The van der Waals surface area contributed by atoms with Crippen molar-refractivity contribution >= 4 is 23.7 Å². The van der Waals surface area contributed by atoms with Crippen LogP contribution < -0.4 is 18.9 Å². The molecule has 4 N–H and O–H groups in total. The zero-order valence-electron chi connectivity index (χ0n) is 41.7. The van der Waals surface area contributed by atoms with Gasteiger partial charge in [-0.1, -0.05) is 97.1 Å². The summed E-state index contributed by atoms with van der Waals surface area (Å²) in [6, 6.07) is 16.2. The number of ketones is 1. The van der Waals surface area contributed by atoms with E-state index in [1.54, 1.807) is 0 Å². The molecule has 72 heavy (non-hydrogen) atoms. The van der Waals surface area contributed by atoms with Crippen LogP contribution in [-0.2, 0) is 59.1 Å². The third kappa shape index (κ3) is 15.5. The number of rotatable bonds is 25. The minimum absolute atomic E-state index is 0.0395. The second-order valence-corrected chi connectivity index (χ2v) is 17.7. The summed E-state index contributed by atoms with van der Waals surface area (Å²) in [6.07, 6.45) is 1.68. The molecule has 0 radical (unpaired) electrons. The van der Waals surface area contributed by atoms with Gasteiger partial charge >= 0.3 is 17.9 Å². The van der Waals surface area contributed by atoms with Crippen molar-refractivity contribution in [2.75, 3.05) is 72.7 Å². The van der Waals surface area contributed by atoms with Gasteiger partial charge in [-0.2, -0.15) is 0 Å². The molecule has 0 unspecified atom stereocenters. The number of aliphatic hydroxyl groups excluding tert-OH is 4. The monoisotopic (exact) mass is 990 g/mol. The Morgan fingerprint density at radius 1 is 0.389 bits per heavy atom. The minimum atomic E-state index is -0.749.